The summed E-state index contributed by atoms with van der Waals surface area (Å²) in [7, 11) is 0. The van der Waals surface area contributed by atoms with E-state index in [4.69, 9.17) is 29.3 Å². The quantitative estimate of drug-likeness (QED) is 0.451. The lowest BCUT2D eigenvalue weighted by Gasteiger charge is -2.23. The molecule has 0 aromatic carbocycles. The highest BCUT2D eigenvalue weighted by Gasteiger charge is 2.14. The zero-order chi connectivity index (χ0) is 18.3. The lowest BCUT2D eigenvalue weighted by molar-refractivity contribution is -0.159. The van der Waals surface area contributed by atoms with Gasteiger partial charge in [-0.2, -0.15) is 0 Å². The fourth-order valence-electron chi connectivity index (χ4n) is 3.18. The van der Waals surface area contributed by atoms with Gasteiger partial charge in [-0.15, -0.1) is 0 Å². The molecule has 0 aromatic rings. The number of carboxylic acid groups (broad SMARTS) is 2. The van der Waals surface area contributed by atoms with Crippen molar-refractivity contribution in [3.63, 3.8) is 0 Å². The summed E-state index contributed by atoms with van der Waals surface area (Å²) in [4.78, 5) is 18.2. The van der Waals surface area contributed by atoms with E-state index in [2.05, 4.69) is 5.32 Å². The molecule has 0 spiro atoms. The summed E-state index contributed by atoms with van der Waals surface area (Å²) in [5.41, 5.74) is 0. The predicted molar refractivity (Wildman–Crippen MR) is 93.8 cm³/mol. The molecule has 0 amide bonds. The minimum atomic E-state index is -1.82. The van der Waals surface area contributed by atoms with Gasteiger partial charge in [0.15, 0.2) is 0 Å². The highest BCUT2D eigenvalue weighted by molar-refractivity contribution is 6.27. The summed E-state index contributed by atoms with van der Waals surface area (Å²) >= 11 is 0. The Kier molecular flexibility index (Phi) is 12.3. The van der Waals surface area contributed by atoms with Gasteiger partial charge in [0, 0.05) is 13.1 Å². The molecule has 7 heteroatoms. The smallest absolute Gasteiger partial charge is 0.414 e. The first-order valence-electron chi connectivity index (χ1n) is 9.49. The number of rotatable bonds is 8. The maximum atomic E-state index is 9.10. The molecule has 0 aromatic heterocycles. The Bertz CT molecular complexity index is 331. The van der Waals surface area contributed by atoms with Crippen molar-refractivity contribution in [1.82, 2.24) is 5.32 Å². The Balaban J connectivity index is 0.000000450. The number of carboxylic acids is 2. The third kappa shape index (κ3) is 11.9. The van der Waals surface area contributed by atoms with Crippen molar-refractivity contribution in [3.8, 4) is 0 Å². The summed E-state index contributed by atoms with van der Waals surface area (Å²) in [5, 5.41) is 18.2. The Morgan fingerprint density at radius 1 is 0.720 bits per heavy atom. The summed E-state index contributed by atoms with van der Waals surface area (Å²) in [6, 6.07) is 0. The van der Waals surface area contributed by atoms with Crippen LogP contribution in [0.15, 0.2) is 0 Å². The third-order valence-electron chi connectivity index (χ3n) is 4.55. The van der Waals surface area contributed by atoms with Gasteiger partial charge in [0.1, 0.15) is 0 Å². The van der Waals surface area contributed by atoms with Crippen LogP contribution in [0.25, 0.3) is 0 Å². The van der Waals surface area contributed by atoms with Gasteiger partial charge < -0.3 is 25.0 Å². The van der Waals surface area contributed by atoms with Crippen LogP contribution >= 0.6 is 0 Å². The summed E-state index contributed by atoms with van der Waals surface area (Å²) < 4.78 is 11.8. The Morgan fingerprint density at radius 3 is 1.40 bits per heavy atom. The Labute approximate surface area is 150 Å². The summed E-state index contributed by atoms with van der Waals surface area (Å²) in [5.74, 6) is -3.65. The monoisotopic (exact) mass is 359 g/mol. The van der Waals surface area contributed by atoms with E-state index in [1.165, 1.54) is 64.2 Å². The molecule has 7 nitrogen and oxygen atoms in total. The SMILES string of the molecule is C1CCC(OCCNCCOC2CCCCC2)CC1.O=C(O)C(=O)O. The Morgan fingerprint density at radius 2 is 1.08 bits per heavy atom. The normalized spacial score (nSPS) is 19.0. The molecule has 2 aliphatic carbocycles. The van der Waals surface area contributed by atoms with Crippen LogP contribution in [0.1, 0.15) is 64.2 Å². The van der Waals surface area contributed by atoms with E-state index in [1.807, 2.05) is 0 Å². The van der Waals surface area contributed by atoms with Crippen LogP contribution in [0.3, 0.4) is 0 Å². The van der Waals surface area contributed by atoms with Gasteiger partial charge in [-0.1, -0.05) is 38.5 Å². The molecule has 0 aliphatic heterocycles. The van der Waals surface area contributed by atoms with E-state index in [1.54, 1.807) is 0 Å². The van der Waals surface area contributed by atoms with Gasteiger partial charge in [-0.3, -0.25) is 0 Å². The molecular formula is C18H33NO6. The lowest BCUT2D eigenvalue weighted by Crippen LogP contribution is -2.28. The van der Waals surface area contributed by atoms with Crippen molar-refractivity contribution in [1.29, 1.82) is 0 Å². The van der Waals surface area contributed by atoms with Crippen LogP contribution in [-0.4, -0.2) is 60.7 Å². The fourth-order valence-corrected chi connectivity index (χ4v) is 3.18. The molecule has 25 heavy (non-hydrogen) atoms. The van der Waals surface area contributed by atoms with Gasteiger partial charge >= 0.3 is 11.9 Å². The van der Waals surface area contributed by atoms with E-state index in [9.17, 15) is 0 Å². The average Bonchev–Trinajstić information content (AvgIpc) is 2.63. The number of hydrogen-bond donors (Lipinski definition) is 3. The van der Waals surface area contributed by atoms with Crippen molar-refractivity contribution in [2.45, 2.75) is 76.4 Å². The summed E-state index contributed by atoms with van der Waals surface area (Å²) in [6.45, 7) is 3.64. The van der Waals surface area contributed by atoms with Gasteiger partial charge in [0.05, 0.1) is 25.4 Å². The second-order valence-corrected chi connectivity index (χ2v) is 6.62. The zero-order valence-electron chi connectivity index (χ0n) is 15.1. The minimum Gasteiger partial charge on any atom is -0.473 e. The van der Waals surface area contributed by atoms with Crippen molar-refractivity contribution in [3.05, 3.63) is 0 Å². The van der Waals surface area contributed by atoms with Gasteiger partial charge in [-0.25, -0.2) is 9.59 Å². The zero-order valence-corrected chi connectivity index (χ0v) is 15.1. The van der Waals surface area contributed by atoms with Crippen LogP contribution in [0.2, 0.25) is 0 Å². The first-order valence-corrected chi connectivity index (χ1v) is 9.49. The molecular weight excluding hydrogens is 326 g/mol. The van der Waals surface area contributed by atoms with E-state index in [0.29, 0.717) is 12.2 Å². The number of carbonyl (C=O) groups is 2. The van der Waals surface area contributed by atoms with Crippen LogP contribution in [-0.2, 0) is 19.1 Å². The van der Waals surface area contributed by atoms with E-state index >= 15 is 0 Å². The maximum absolute atomic E-state index is 9.10. The molecule has 0 saturated heterocycles. The summed E-state index contributed by atoms with van der Waals surface area (Å²) in [6.07, 6.45) is 14.4. The topological polar surface area (TPSA) is 105 Å². The first kappa shape index (κ1) is 21.9. The largest absolute Gasteiger partial charge is 0.473 e. The Hall–Kier alpha value is -1.18. The molecule has 2 saturated carbocycles. The molecule has 2 rings (SSSR count). The number of nitrogens with one attached hydrogen (secondary N) is 1. The second kappa shape index (κ2) is 14.0. The van der Waals surface area contributed by atoms with Gasteiger partial charge in [0.25, 0.3) is 0 Å². The molecule has 0 bridgehead atoms. The molecule has 0 radical (unpaired) electrons. The van der Waals surface area contributed by atoms with Crippen LogP contribution < -0.4 is 5.32 Å². The highest BCUT2D eigenvalue weighted by atomic mass is 16.5. The molecule has 0 atom stereocenters. The number of aliphatic carboxylic acids is 2. The van der Waals surface area contributed by atoms with Crippen LogP contribution in [0, 0.1) is 0 Å². The number of ether oxygens (including phenoxy) is 2. The molecule has 0 heterocycles. The van der Waals surface area contributed by atoms with Crippen molar-refractivity contribution < 1.29 is 29.3 Å². The van der Waals surface area contributed by atoms with E-state index in [0.717, 1.165) is 26.3 Å². The van der Waals surface area contributed by atoms with Crippen molar-refractivity contribution >= 4 is 11.9 Å². The van der Waals surface area contributed by atoms with Gasteiger partial charge in [-0.05, 0) is 25.7 Å². The van der Waals surface area contributed by atoms with Crippen LogP contribution in [0.4, 0.5) is 0 Å². The molecule has 0 unspecified atom stereocenters. The predicted octanol–water partition coefficient (Wildman–Crippen LogP) is 2.43. The van der Waals surface area contributed by atoms with Gasteiger partial charge in [0.2, 0.25) is 0 Å². The molecule has 3 N–H and O–H groups in total. The maximum Gasteiger partial charge on any atom is 0.414 e. The fraction of sp³-hybridized carbons (Fsp3) is 0.889. The standard InChI is InChI=1S/C16H31NO2.C2H2O4/c1-3-7-15(8-4-1)18-13-11-17-12-14-19-16-9-5-2-6-10-16;3-1(4)2(5)6/h15-17H,1-14H2;(H,3,4)(H,5,6). The average molecular weight is 359 g/mol. The molecule has 2 fully saturated rings. The second-order valence-electron chi connectivity index (χ2n) is 6.62. The first-order chi connectivity index (χ1) is 12.1. The molecule has 146 valence electrons. The number of hydrogen-bond acceptors (Lipinski definition) is 5. The minimum absolute atomic E-state index is 0.536. The van der Waals surface area contributed by atoms with Crippen molar-refractivity contribution in [2.24, 2.45) is 0 Å². The third-order valence-corrected chi connectivity index (χ3v) is 4.55. The van der Waals surface area contributed by atoms with Crippen LogP contribution in [0.5, 0.6) is 0 Å². The van der Waals surface area contributed by atoms with E-state index in [-0.39, 0.29) is 0 Å². The lowest BCUT2D eigenvalue weighted by atomic mass is 9.98. The molecule has 2 aliphatic rings. The van der Waals surface area contributed by atoms with E-state index < -0.39 is 11.9 Å². The van der Waals surface area contributed by atoms with Crippen molar-refractivity contribution in [2.75, 3.05) is 26.3 Å². The highest BCUT2D eigenvalue weighted by Crippen LogP contribution is 2.20.